The van der Waals surface area contributed by atoms with Crippen LogP contribution in [0.5, 0.6) is 5.88 Å². The molecule has 0 aliphatic carbocycles. The molecule has 0 aromatic carbocycles. The molecule has 0 fully saturated rings. The minimum Gasteiger partial charge on any atom is -0.481 e. The maximum atomic E-state index is 11.5. The number of pyridine rings is 1. The van der Waals surface area contributed by atoms with Gasteiger partial charge in [0, 0.05) is 19.7 Å². The molecule has 0 saturated carbocycles. The quantitative estimate of drug-likeness (QED) is 0.776. The number of nitrogen functional groups attached to an aromatic ring is 1. The predicted octanol–water partition coefficient (Wildman–Crippen LogP) is 0.635. The van der Waals surface area contributed by atoms with Crippen LogP contribution in [0.4, 0.5) is 11.5 Å². The largest absolute Gasteiger partial charge is 0.481 e. The molecule has 1 amide bonds. The first-order valence-electron chi connectivity index (χ1n) is 5.88. The van der Waals surface area contributed by atoms with E-state index in [0.29, 0.717) is 23.9 Å². The van der Waals surface area contributed by atoms with Crippen molar-refractivity contribution < 1.29 is 9.53 Å². The maximum Gasteiger partial charge on any atom is 0.239 e. The summed E-state index contributed by atoms with van der Waals surface area (Å²) >= 11 is 0. The minimum absolute atomic E-state index is 0.0764. The Bertz CT molecular complexity index is 409. The van der Waals surface area contributed by atoms with E-state index in [-0.39, 0.29) is 12.5 Å². The first-order chi connectivity index (χ1) is 8.62. The number of methoxy groups -OCH3 is 1. The van der Waals surface area contributed by atoms with Gasteiger partial charge in [-0.1, -0.05) is 6.92 Å². The lowest BCUT2D eigenvalue weighted by molar-refractivity contribution is -0.119. The van der Waals surface area contributed by atoms with Gasteiger partial charge in [-0.25, -0.2) is 0 Å². The number of aromatic nitrogens is 1. The van der Waals surface area contributed by atoms with E-state index in [1.54, 1.807) is 26.3 Å². The van der Waals surface area contributed by atoms with Crippen LogP contribution in [0.25, 0.3) is 0 Å². The van der Waals surface area contributed by atoms with Gasteiger partial charge in [0.05, 0.1) is 19.3 Å². The van der Waals surface area contributed by atoms with Crippen LogP contribution < -0.4 is 20.7 Å². The molecule has 100 valence electrons. The summed E-state index contributed by atoms with van der Waals surface area (Å²) in [4.78, 5) is 17.6. The zero-order chi connectivity index (χ0) is 13.5. The van der Waals surface area contributed by atoms with E-state index in [1.165, 1.54) is 0 Å². The minimum atomic E-state index is -0.0764. The average Bonchev–Trinajstić information content (AvgIpc) is 2.38. The molecule has 3 N–H and O–H groups in total. The number of nitrogens with two attached hydrogens (primary N) is 1. The van der Waals surface area contributed by atoms with E-state index in [1.807, 2.05) is 11.8 Å². The molecule has 0 spiro atoms. The molecule has 6 heteroatoms. The lowest BCUT2D eigenvalue weighted by Crippen LogP contribution is -2.37. The van der Waals surface area contributed by atoms with Gasteiger partial charge in [0.15, 0.2) is 5.82 Å². The second kappa shape index (κ2) is 6.68. The number of hydrogen-bond acceptors (Lipinski definition) is 5. The summed E-state index contributed by atoms with van der Waals surface area (Å²) in [7, 11) is 3.15. The summed E-state index contributed by atoms with van der Waals surface area (Å²) < 4.78 is 5.08. The van der Waals surface area contributed by atoms with Gasteiger partial charge >= 0.3 is 0 Å². The second-order valence-corrected chi connectivity index (χ2v) is 3.86. The first-order valence-corrected chi connectivity index (χ1v) is 5.88. The summed E-state index contributed by atoms with van der Waals surface area (Å²) in [6.07, 6.45) is 0.898. The van der Waals surface area contributed by atoms with Gasteiger partial charge in [-0.15, -0.1) is 0 Å². The van der Waals surface area contributed by atoms with Crippen molar-refractivity contribution in [2.24, 2.45) is 0 Å². The molecule has 0 aliphatic heterocycles. The van der Waals surface area contributed by atoms with Crippen LogP contribution in [0, 0.1) is 0 Å². The summed E-state index contributed by atoms with van der Waals surface area (Å²) in [5.41, 5.74) is 6.44. The smallest absolute Gasteiger partial charge is 0.239 e. The molecule has 0 aliphatic rings. The van der Waals surface area contributed by atoms with Gasteiger partial charge < -0.3 is 20.7 Å². The standard InChI is InChI=1S/C12H20N4O2/c1-4-7-16(8-10(17)14-2)12-9(13)5-6-11(15-12)18-3/h5-6H,4,7-8,13H2,1-3H3,(H,14,17). The van der Waals surface area contributed by atoms with Gasteiger partial charge in [-0.3, -0.25) is 4.79 Å². The van der Waals surface area contributed by atoms with Crippen molar-refractivity contribution in [2.75, 3.05) is 37.9 Å². The van der Waals surface area contributed by atoms with Crippen molar-refractivity contribution in [1.29, 1.82) is 0 Å². The van der Waals surface area contributed by atoms with Crippen molar-refractivity contribution in [2.45, 2.75) is 13.3 Å². The van der Waals surface area contributed by atoms with Crippen LogP contribution in [0.15, 0.2) is 12.1 Å². The van der Waals surface area contributed by atoms with E-state index in [0.717, 1.165) is 6.42 Å². The molecule has 1 rings (SSSR count). The topological polar surface area (TPSA) is 80.5 Å². The number of carbonyl (C=O) groups excluding carboxylic acids is 1. The van der Waals surface area contributed by atoms with Gasteiger partial charge in [0.2, 0.25) is 11.8 Å². The number of carbonyl (C=O) groups is 1. The highest BCUT2D eigenvalue weighted by Gasteiger charge is 2.15. The zero-order valence-corrected chi connectivity index (χ0v) is 11.1. The fourth-order valence-corrected chi connectivity index (χ4v) is 1.59. The number of amides is 1. The number of nitrogens with one attached hydrogen (secondary N) is 1. The SMILES string of the molecule is CCCN(CC(=O)NC)c1nc(OC)ccc1N. The Kier molecular flexibility index (Phi) is 5.23. The number of anilines is 2. The average molecular weight is 252 g/mol. The Morgan fingerprint density at radius 3 is 2.83 bits per heavy atom. The van der Waals surface area contributed by atoms with Gasteiger partial charge in [-0.05, 0) is 12.5 Å². The Morgan fingerprint density at radius 1 is 1.56 bits per heavy atom. The van der Waals surface area contributed by atoms with Crippen molar-refractivity contribution in [3.05, 3.63) is 12.1 Å². The molecule has 6 nitrogen and oxygen atoms in total. The lowest BCUT2D eigenvalue weighted by atomic mass is 10.3. The molecule has 1 aromatic rings. The number of ether oxygens (including phenoxy) is 1. The van der Waals surface area contributed by atoms with Crippen molar-refractivity contribution >= 4 is 17.4 Å². The molecule has 18 heavy (non-hydrogen) atoms. The second-order valence-electron chi connectivity index (χ2n) is 3.86. The summed E-state index contributed by atoms with van der Waals surface area (Å²) in [6, 6.07) is 3.43. The molecule has 0 saturated heterocycles. The molecule has 1 aromatic heterocycles. The molecular weight excluding hydrogens is 232 g/mol. The number of hydrogen-bond donors (Lipinski definition) is 2. The van der Waals surface area contributed by atoms with E-state index in [9.17, 15) is 4.79 Å². The number of rotatable bonds is 6. The van der Waals surface area contributed by atoms with Crippen molar-refractivity contribution in [3.8, 4) is 5.88 Å². The van der Waals surface area contributed by atoms with Gasteiger partial charge in [0.25, 0.3) is 0 Å². The van der Waals surface area contributed by atoms with E-state index >= 15 is 0 Å². The highest BCUT2D eigenvalue weighted by Crippen LogP contribution is 2.23. The molecule has 0 unspecified atom stereocenters. The van der Waals surface area contributed by atoms with Crippen molar-refractivity contribution in [3.63, 3.8) is 0 Å². The normalized spacial score (nSPS) is 9.94. The van der Waals surface area contributed by atoms with E-state index in [4.69, 9.17) is 10.5 Å². The molecule has 0 radical (unpaired) electrons. The zero-order valence-electron chi connectivity index (χ0n) is 11.1. The summed E-state index contributed by atoms with van der Waals surface area (Å²) in [5, 5.41) is 2.59. The van der Waals surface area contributed by atoms with Crippen LogP contribution in [0.1, 0.15) is 13.3 Å². The highest BCUT2D eigenvalue weighted by molar-refractivity contribution is 5.82. The molecule has 1 heterocycles. The van der Waals surface area contributed by atoms with Crippen molar-refractivity contribution in [1.82, 2.24) is 10.3 Å². The summed E-state index contributed by atoms with van der Waals surface area (Å²) in [6.45, 7) is 2.97. The number of nitrogens with zero attached hydrogens (tertiary/aromatic N) is 2. The third kappa shape index (κ3) is 3.51. The highest BCUT2D eigenvalue weighted by atomic mass is 16.5. The van der Waals surface area contributed by atoms with Crippen LogP contribution in [0.2, 0.25) is 0 Å². The van der Waals surface area contributed by atoms with Gasteiger partial charge in [0.1, 0.15) is 0 Å². The third-order valence-electron chi connectivity index (χ3n) is 2.50. The van der Waals surface area contributed by atoms with Crippen LogP contribution in [-0.4, -0.2) is 38.1 Å². The van der Waals surface area contributed by atoms with E-state index in [2.05, 4.69) is 10.3 Å². The Labute approximate surface area is 107 Å². The number of likely N-dealkylation sites (N-methyl/N-ethyl adjacent to an activating group) is 1. The summed E-state index contributed by atoms with van der Waals surface area (Å²) in [5.74, 6) is 0.990. The van der Waals surface area contributed by atoms with Crippen LogP contribution in [-0.2, 0) is 4.79 Å². The molecule has 0 bridgehead atoms. The fraction of sp³-hybridized carbons (Fsp3) is 0.500. The van der Waals surface area contributed by atoms with Crippen LogP contribution in [0.3, 0.4) is 0 Å². The maximum absolute atomic E-state index is 11.5. The predicted molar refractivity (Wildman–Crippen MR) is 71.8 cm³/mol. The Morgan fingerprint density at radius 2 is 2.28 bits per heavy atom. The fourth-order valence-electron chi connectivity index (χ4n) is 1.59. The Balaban J connectivity index is 2.99. The monoisotopic (exact) mass is 252 g/mol. The van der Waals surface area contributed by atoms with E-state index < -0.39 is 0 Å². The lowest BCUT2D eigenvalue weighted by Gasteiger charge is -2.23. The Hall–Kier alpha value is -1.98. The van der Waals surface area contributed by atoms with Crippen LogP contribution >= 0.6 is 0 Å². The van der Waals surface area contributed by atoms with Gasteiger partial charge in [-0.2, -0.15) is 4.98 Å². The molecule has 0 atom stereocenters. The third-order valence-corrected chi connectivity index (χ3v) is 2.50. The molecular formula is C12H20N4O2. The first kappa shape index (κ1) is 14.1.